The number of benzene rings is 1. The summed E-state index contributed by atoms with van der Waals surface area (Å²) in [5.74, 6) is -0.123. The average Bonchev–Trinajstić information content (AvgIpc) is 3.19. The molecule has 0 saturated carbocycles. The Bertz CT molecular complexity index is 1410. The highest BCUT2D eigenvalue weighted by Gasteiger charge is 2.14. The number of aryl methyl sites for hydroxylation is 2. The first-order chi connectivity index (χ1) is 15.3. The molecule has 0 aliphatic rings. The van der Waals surface area contributed by atoms with Gasteiger partial charge in [-0.3, -0.25) is 9.59 Å². The molecular formula is C22H21N5O5. The number of fused-ring (bicyclic) bond motifs is 2. The third-order valence-electron chi connectivity index (χ3n) is 5.11. The zero-order chi connectivity index (χ0) is 22.8. The predicted octanol–water partition coefficient (Wildman–Crippen LogP) is 2.48. The summed E-state index contributed by atoms with van der Waals surface area (Å²) in [7, 11) is 0. The number of esters is 1. The van der Waals surface area contributed by atoms with Gasteiger partial charge >= 0.3 is 11.6 Å². The number of rotatable bonds is 6. The first-order valence-electron chi connectivity index (χ1n) is 9.97. The first kappa shape index (κ1) is 21.2. The number of carbonyl (C=O) groups excluding carboxylic acids is 2. The molecule has 3 aromatic heterocycles. The van der Waals surface area contributed by atoms with Crippen LogP contribution in [0, 0.1) is 13.8 Å². The monoisotopic (exact) mass is 435 g/mol. The number of amides is 1. The maximum absolute atomic E-state index is 12.4. The molecule has 10 heteroatoms. The Kier molecular flexibility index (Phi) is 5.67. The number of carbonyl (C=O) groups is 2. The Morgan fingerprint density at radius 2 is 2.03 bits per heavy atom. The Morgan fingerprint density at radius 3 is 2.81 bits per heavy atom. The molecule has 3 heterocycles. The van der Waals surface area contributed by atoms with Gasteiger partial charge in [-0.1, -0.05) is 0 Å². The minimum atomic E-state index is -0.568. The first-order valence-corrected chi connectivity index (χ1v) is 9.97. The summed E-state index contributed by atoms with van der Waals surface area (Å²) in [6.07, 6.45) is 2.03. The molecule has 1 amide bonds. The minimum absolute atomic E-state index is 0.0707. The zero-order valence-corrected chi connectivity index (χ0v) is 17.8. The lowest BCUT2D eigenvalue weighted by atomic mass is 10.1. The van der Waals surface area contributed by atoms with Gasteiger partial charge in [-0.05, 0) is 38.0 Å². The van der Waals surface area contributed by atoms with Crippen molar-refractivity contribution in [1.82, 2.24) is 19.6 Å². The van der Waals surface area contributed by atoms with Crippen LogP contribution >= 0.6 is 0 Å². The van der Waals surface area contributed by atoms with E-state index >= 15 is 0 Å². The van der Waals surface area contributed by atoms with Crippen LogP contribution in [0.25, 0.3) is 16.7 Å². The Balaban J connectivity index is 1.46. The largest absolute Gasteiger partial charge is 0.461 e. The Labute approximate surface area is 182 Å². The summed E-state index contributed by atoms with van der Waals surface area (Å²) >= 11 is 0. The van der Waals surface area contributed by atoms with Crippen molar-refractivity contribution in [3.63, 3.8) is 0 Å². The highest BCUT2D eigenvalue weighted by atomic mass is 16.5. The van der Waals surface area contributed by atoms with Crippen molar-refractivity contribution in [3.05, 3.63) is 63.5 Å². The van der Waals surface area contributed by atoms with E-state index in [0.29, 0.717) is 34.4 Å². The van der Waals surface area contributed by atoms with Crippen LogP contribution in [0.5, 0.6) is 0 Å². The van der Waals surface area contributed by atoms with E-state index in [1.165, 1.54) is 19.3 Å². The van der Waals surface area contributed by atoms with Gasteiger partial charge in [0.05, 0.1) is 0 Å². The number of anilines is 1. The molecule has 0 radical (unpaired) electrons. The van der Waals surface area contributed by atoms with Crippen LogP contribution in [0.15, 0.2) is 39.8 Å². The molecule has 0 saturated heterocycles. The number of aromatic nitrogens is 4. The summed E-state index contributed by atoms with van der Waals surface area (Å²) in [6.45, 7) is 5.09. The molecule has 1 aromatic carbocycles. The number of hydrogen-bond donors (Lipinski definition) is 1. The van der Waals surface area contributed by atoms with Crippen LogP contribution < -0.4 is 10.9 Å². The van der Waals surface area contributed by atoms with E-state index in [1.807, 2.05) is 13.8 Å². The number of nitrogens with zero attached hydrogens (tertiary/aromatic N) is 4. The second kappa shape index (κ2) is 8.58. The van der Waals surface area contributed by atoms with E-state index in [9.17, 15) is 14.4 Å². The third kappa shape index (κ3) is 4.34. The molecule has 0 aliphatic heterocycles. The van der Waals surface area contributed by atoms with Crippen LogP contribution in [0.2, 0.25) is 0 Å². The molecule has 0 fully saturated rings. The van der Waals surface area contributed by atoms with Gasteiger partial charge in [-0.15, -0.1) is 0 Å². The van der Waals surface area contributed by atoms with Gasteiger partial charge in [0.1, 0.15) is 18.5 Å². The van der Waals surface area contributed by atoms with Crippen molar-refractivity contribution in [2.75, 3.05) is 5.32 Å². The summed E-state index contributed by atoms with van der Waals surface area (Å²) in [5, 5.41) is 7.41. The fourth-order valence-corrected chi connectivity index (χ4v) is 3.60. The SMILES string of the molecule is CC(=O)Nc1ccc2c(COC(=O)CCc3c(C)nc4ncnn4c3C)cc(=O)oc2c1. The van der Waals surface area contributed by atoms with E-state index in [-0.39, 0.29) is 18.9 Å². The Morgan fingerprint density at radius 1 is 1.22 bits per heavy atom. The van der Waals surface area contributed by atoms with Gasteiger partial charge in [0.15, 0.2) is 0 Å². The van der Waals surface area contributed by atoms with Gasteiger partial charge in [0, 0.05) is 53.5 Å². The maximum atomic E-state index is 12.4. The van der Waals surface area contributed by atoms with Gasteiger partial charge in [-0.2, -0.15) is 10.1 Å². The molecule has 10 nitrogen and oxygen atoms in total. The van der Waals surface area contributed by atoms with Gasteiger partial charge < -0.3 is 14.5 Å². The standard InChI is InChI=1S/C22H21N5O5/c1-12-17(13(2)27-22(25-12)23-11-24-27)6-7-20(29)31-10-15-8-21(30)32-19-9-16(26-14(3)28)4-5-18(15)19/h4-5,8-9,11H,6-7,10H2,1-3H3,(H,26,28). The predicted molar refractivity (Wildman–Crippen MR) is 115 cm³/mol. The molecule has 0 unspecified atom stereocenters. The summed E-state index contributed by atoms with van der Waals surface area (Å²) in [4.78, 5) is 44.1. The fraction of sp³-hybridized carbons (Fsp3) is 0.273. The smallest absolute Gasteiger partial charge is 0.336 e. The highest BCUT2D eigenvalue weighted by Crippen LogP contribution is 2.22. The highest BCUT2D eigenvalue weighted by molar-refractivity contribution is 5.92. The molecule has 0 atom stereocenters. The molecule has 4 rings (SSSR count). The quantitative estimate of drug-likeness (QED) is 0.361. The third-order valence-corrected chi connectivity index (χ3v) is 5.11. The van der Waals surface area contributed by atoms with Crippen LogP contribution in [-0.2, 0) is 27.4 Å². The van der Waals surface area contributed by atoms with E-state index in [4.69, 9.17) is 9.15 Å². The normalized spacial score (nSPS) is 11.1. The Hall–Kier alpha value is -4.08. The number of ether oxygens (including phenoxy) is 1. The van der Waals surface area contributed by atoms with E-state index in [0.717, 1.165) is 17.0 Å². The molecule has 0 aliphatic carbocycles. The molecule has 32 heavy (non-hydrogen) atoms. The van der Waals surface area contributed by atoms with Crippen LogP contribution in [0.3, 0.4) is 0 Å². The molecular weight excluding hydrogens is 414 g/mol. The van der Waals surface area contributed by atoms with Gasteiger partial charge in [0.25, 0.3) is 5.78 Å². The number of nitrogens with one attached hydrogen (secondary N) is 1. The van der Waals surface area contributed by atoms with Crippen molar-refractivity contribution >= 4 is 34.3 Å². The van der Waals surface area contributed by atoms with Crippen LogP contribution in [0.4, 0.5) is 5.69 Å². The molecule has 0 bridgehead atoms. The molecule has 4 aromatic rings. The summed E-state index contributed by atoms with van der Waals surface area (Å²) < 4.78 is 12.3. The lowest BCUT2D eigenvalue weighted by Crippen LogP contribution is -2.11. The topological polar surface area (TPSA) is 129 Å². The number of hydrogen-bond acceptors (Lipinski definition) is 8. The van der Waals surface area contributed by atoms with Crippen LogP contribution in [0.1, 0.15) is 35.9 Å². The van der Waals surface area contributed by atoms with E-state index in [1.54, 1.807) is 22.7 Å². The lowest BCUT2D eigenvalue weighted by Gasteiger charge is -2.11. The fourth-order valence-electron chi connectivity index (χ4n) is 3.60. The van der Waals surface area contributed by atoms with E-state index < -0.39 is 11.6 Å². The summed E-state index contributed by atoms with van der Waals surface area (Å²) in [5.41, 5.74) is 3.34. The maximum Gasteiger partial charge on any atom is 0.336 e. The van der Waals surface area contributed by atoms with E-state index in [2.05, 4.69) is 20.4 Å². The van der Waals surface area contributed by atoms with Crippen molar-refractivity contribution in [2.45, 2.75) is 40.2 Å². The molecule has 164 valence electrons. The zero-order valence-electron chi connectivity index (χ0n) is 17.8. The van der Waals surface area contributed by atoms with Crippen molar-refractivity contribution in [3.8, 4) is 0 Å². The lowest BCUT2D eigenvalue weighted by molar-refractivity contribution is -0.144. The van der Waals surface area contributed by atoms with Crippen molar-refractivity contribution in [2.24, 2.45) is 0 Å². The van der Waals surface area contributed by atoms with Crippen LogP contribution in [-0.4, -0.2) is 31.5 Å². The molecule has 0 spiro atoms. The van der Waals surface area contributed by atoms with Gasteiger partial charge in [0.2, 0.25) is 5.91 Å². The average molecular weight is 435 g/mol. The summed E-state index contributed by atoms with van der Waals surface area (Å²) in [6, 6.07) is 6.25. The second-order valence-electron chi connectivity index (χ2n) is 7.38. The van der Waals surface area contributed by atoms with Crippen molar-refractivity contribution in [1.29, 1.82) is 0 Å². The van der Waals surface area contributed by atoms with Gasteiger partial charge in [-0.25, -0.2) is 14.3 Å². The minimum Gasteiger partial charge on any atom is -0.461 e. The van der Waals surface area contributed by atoms with Crippen molar-refractivity contribution < 1.29 is 18.7 Å². The molecule has 1 N–H and O–H groups in total. The second-order valence-corrected chi connectivity index (χ2v) is 7.38.